The molecule has 5 nitrogen and oxygen atoms in total. The summed E-state index contributed by atoms with van der Waals surface area (Å²) in [6.07, 6.45) is 3.23. The van der Waals surface area contributed by atoms with Crippen LogP contribution in [-0.2, 0) is 6.54 Å². The van der Waals surface area contributed by atoms with Crippen LogP contribution in [0.3, 0.4) is 0 Å². The molecule has 1 aromatic heterocycles. The summed E-state index contributed by atoms with van der Waals surface area (Å²) >= 11 is 0. The second-order valence-corrected chi connectivity index (χ2v) is 4.62. The van der Waals surface area contributed by atoms with Gasteiger partial charge >= 0.3 is 0 Å². The smallest absolute Gasteiger partial charge is 0.255 e. The zero-order valence-electron chi connectivity index (χ0n) is 11.3. The normalized spacial score (nSPS) is 10.5. The van der Waals surface area contributed by atoms with Gasteiger partial charge in [-0.15, -0.1) is 0 Å². The van der Waals surface area contributed by atoms with Gasteiger partial charge < -0.3 is 11.1 Å². The summed E-state index contributed by atoms with van der Waals surface area (Å²) in [5.41, 5.74) is 9.29. The molecule has 0 saturated carbocycles. The summed E-state index contributed by atoms with van der Waals surface area (Å²) in [5.74, 6) is -0.184. The summed E-state index contributed by atoms with van der Waals surface area (Å²) in [5, 5.41) is 2.85. The van der Waals surface area contributed by atoms with E-state index >= 15 is 0 Å². The van der Waals surface area contributed by atoms with E-state index in [2.05, 4.69) is 15.3 Å². The highest BCUT2D eigenvalue weighted by molar-refractivity contribution is 6.05. The Morgan fingerprint density at radius 2 is 1.86 bits per heavy atom. The van der Waals surface area contributed by atoms with Gasteiger partial charge in [-0.25, -0.2) is 0 Å². The number of amides is 1. The van der Waals surface area contributed by atoms with Crippen LogP contribution in [-0.4, -0.2) is 15.9 Å². The minimum atomic E-state index is -0.184. The van der Waals surface area contributed by atoms with Gasteiger partial charge in [0.15, 0.2) is 0 Å². The largest absolute Gasteiger partial charge is 0.326 e. The van der Waals surface area contributed by atoms with Crippen molar-refractivity contribution in [3.05, 3.63) is 66.0 Å². The van der Waals surface area contributed by atoms with E-state index in [-0.39, 0.29) is 5.91 Å². The van der Waals surface area contributed by atoms with Gasteiger partial charge in [0.25, 0.3) is 5.91 Å². The third-order valence-electron chi connectivity index (χ3n) is 3.15. The van der Waals surface area contributed by atoms with E-state index in [1.54, 1.807) is 30.6 Å². The van der Waals surface area contributed by atoms with Gasteiger partial charge in [-0.3, -0.25) is 14.8 Å². The lowest BCUT2D eigenvalue weighted by Crippen LogP contribution is -2.12. The fourth-order valence-electron chi connectivity index (χ4n) is 2.08. The molecule has 0 unspecified atom stereocenters. The molecule has 2 aromatic carbocycles. The number of carbonyl (C=O) groups is 1. The van der Waals surface area contributed by atoms with Crippen molar-refractivity contribution in [1.29, 1.82) is 0 Å². The van der Waals surface area contributed by atoms with Gasteiger partial charge in [-0.2, -0.15) is 0 Å². The van der Waals surface area contributed by atoms with Crippen molar-refractivity contribution in [2.45, 2.75) is 6.54 Å². The Morgan fingerprint density at radius 3 is 2.67 bits per heavy atom. The van der Waals surface area contributed by atoms with Gasteiger partial charge in [-0.05, 0) is 35.9 Å². The fourth-order valence-corrected chi connectivity index (χ4v) is 2.08. The van der Waals surface area contributed by atoms with Gasteiger partial charge in [0.2, 0.25) is 0 Å². The Balaban J connectivity index is 1.86. The molecule has 0 atom stereocenters. The summed E-state index contributed by atoms with van der Waals surface area (Å²) in [6, 6.07) is 12.7. The van der Waals surface area contributed by atoms with Crippen LogP contribution < -0.4 is 11.1 Å². The maximum atomic E-state index is 12.3. The average molecular weight is 278 g/mol. The molecule has 0 bridgehead atoms. The predicted octanol–water partition coefficient (Wildman–Crippen LogP) is 2.34. The molecule has 3 rings (SSSR count). The highest BCUT2D eigenvalue weighted by Crippen LogP contribution is 2.14. The highest BCUT2D eigenvalue weighted by atomic mass is 16.1. The molecule has 0 radical (unpaired) electrons. The van der Waals surface area contributed by atoms with Crippen molar-refractivity contribution in [3.63, 3.8) is 0 Å². The SMILES string of the molecule is NCc1cccc(NC(=O)c2ccc3nccnc3c2)c1. The van der Waals surface area contributed by atoms with E-state index in [9.17, 15) is 4.79 Å². The molecular weight excluding hydrogens is 264 g/mol. The number of fused-ring (bicyclic) bond motifs is 1. The number of nitrogens with zero attached hydrogens (tertiary/aromatic N) is 2. The van der Waals surface area contributed by atoms with Crippen molar-refractivity contribution in [3.8, 4) is 0 Å². The number of hydrogen-bond donors (Lipinski definition) is 2. The third-order valence-corrected chi connectivity index (χ3v) is 3.15. The van der Waals surface area contributed by atoms with Crippen LogP contribution in [0.2, 0.25) is 0 Å². The van der Waals surface area contributed by atoms with E-state index in [0.29, 0.717) is 17.6 Å². The zero-order chi connectivity index (χ0) is 14.7. The number of anilines is 1. The zero-order valence-corrected chi connectivity index (χ0v) is 11.3. The summed E-state index contributed by atoms with van der Waals surface area (Å²) < 4.78 is 0. The number of rotatable bonds is 3. The molecule has 21 heavy (non-hydrogen) atoms. The van der Waals surface area contributed by atoms with Gasteiger partial charge in [0, 0.05) is 30.2 Å². The van der Waals surface area contributed by atoms with Crippen LogP contribution in [0.25, 0.3) is 11.0 Å². The van der Waals surface area contributed by atoms with Crippen molar-refractivity contribution in [2.24, 2.45) is 5.73 Å². The van der Waals surface area contributed by atoms with Crippen LogP contribution >= 0.6 is 0 Å². The number of aromatic nitrogens is 2. The van der Waals surface area contributed by atoms with Crippen LogP contribution in [0.15, 0.2) is 54.9 Å². The number of hydrogen-bond acceptors (Lipinski definition) is 4. The molecule has 1 amide bonds. The number of nitrogens with two attached hydrogens (primary N) is 1. The van der Waals surface area contributed by atoms with E-state index in [1.807, 2.05) is 24.3 Å². The third kappa shape index (κ3) is 2.88. The molecule has 5 heteroatoms. The lowest BCUT2D eigenvalue weighted by Gasteiger charge is -2.07. The quantitative estimate of drug-likeness (QED) is 0.770. The molecular formula is C16H14N4O. The molecule has 1 heterocycles. The second kappa shape index (κ2) is 5.68. The summed E-state index contributed by atoms with van der Waals surface area (Å²) in [6.45, 7) is 0.440. The Kier molecular flexibility index (Phi) is 3.57. The second-order valence-electron chi connectivity index (χ2n) is 4.62. The molecule has 0 aliphatic carbocycles. The first kappa shape index (κ1) is 13.2. The topological polar surface area (TPSA) is 80.9 Å². The minimum absolute atomic E-state index is 0.184. The van der Waals surface area contributed by atoms with Crippen LogP contribution in [0.4, 0.5) is 5.69 Å². The lowest BCUT2D eigenvalue weighted by atomic mass is 10.1. The van der Waals surface area contributed by atoms with Crippen LogP contribution in [0, 0.1) is 0 Å². The summed E-state index contributed by atoms with van der Waals surface area (Å²) in [7, 11) is 0. The molecule has 0 fully saturated rings. The Hall–Kier alpha value is -2.79. The van der Waals surface area contributed by atoms with E-state index in [0.717, 1.165) is 16.8 Å². The average Bonchev–Trinajstić information content (AvgIpc) is 2.54. The first-order chi connectivity index (χ1) is 10.3. The number of benzene rings is 2. The Morgan fingerprint density at radius 1 is 1.05 bits per heavy atom. The van der Waals surface area contributed by atoms with Crippen LogP contribution in [0.1, 0.15) is 15.9 Å². The van der Waals surface area contributed by atoms with Crippen LogP contribution in [0.5, 0.6) is 0 Å². The highest BCUT2D eigenvalue weighted by Gasteiger charge is 2.08. The van der Waals surface area contributed by atoms with Gasteiger partial charge in [-0.1, -0.05) is 12.1 Å². The maximum Gasteiger partial charge on any atom is 0.255 e. The number of nitrogens with one attached hydrogen (secondary N) is 1. The van der Waals surface area contributed by atoms with Gasteiger partial charge in [0.05, 0.1) is 11.0 Å². The van der Waals surface area contributed by atoms with Crippen molar-refractivity contribution >= 4 is 22.6 Å². The summed E-state index contributed by atoms with van der Waals surface area (Å²) in [4.78, 5) is 20.6. The minimum Gasteiger partial charge on any atom is -0.326 e. The number of carbonyl (C=O) groups excluding carboxylic acids is 1. The lowest BCUT2D eigenvalue weighted by molar-refractivity contribution is 0.102. The fraction of sp³-hybridized carbons (Fsp3) is 0.0625. The molecule has 0 aliphatic rings. The maximum absolute atomic E-state index is 12.3. The van der Waals surface area contributed by atoms with E-state index < -0.39 is 0 Å². The standard InChI is InChI=1S/C16H14N4O/c17-10-11-2-1-3-13(8-11)20-16(21)12-4-5-14-15(9-12)19-7-6-18-14/h1-9H,10,17H2,(H,20,21). The van der Waals surface area contributed by atoms with Crippen molar-refractivity contribution in [2.75, 3.05) is 5.32 Å². The van der Waals surface area contributed by atoms with E-state index in [1.165, 1.54) is 0 Å². The predicted molar refractivity (Wildman–Crippen MR) is 81.8 cm³/mol. The molecule has 0 aliphatic heterocycles. The van der Waals surface area contributed by atoms with Crippen molar-refractivity contribution in [1.82, 2.24) is 9.97 Å². The first-order valence-corrected chi connectivity index (χ1v) is 6.57. The van der Waals surface area contributed by atoms with Gasteiger partial charge in [0.1, 0.15) is 0 Å². The molecule has 0 saturated heterocycles. The molecule has 0 spiro atoms. The van der Waals surface area contributed by atoms with E-state index in [4.69, 9.17) is 5.73 Å². The Labute approximate surface area is 121 Å². The van der Waals surface area contributed by atoms with Crippen molar-refractivity contribution < 1.29 is 4.79 Å². The molecule has 3 aromatic rings. The Bertz CT molecular complexity index is 801. The monoisotopic (exact) mass is 278 g/mol. The molecule has 3 N–H and O–H groups in total. The first-order valence-electron chi connectivity index (χ1n) is 6.57. The molecule has 104 valence electrons.